The Balaban J connectivity index is 1.94. The third-order valence-corrected chi connectivity index (χ3v) is 5.39. The molecule has 1 aliphatic rings. The number of aromatic nitrogens is 2. The number of sulfone groups is 1. The number of nitrogens with one attached hydrogen (secondary N) is 1. The summed E-state index contributed by atoms with van der Waals surface area (Å²) < 4.78 is 24.7. The van der Waals surface area contributed by atoms with Gasteiger partial charge in [0.1, 0.15) is 0 Å². The molecule has 1 aromatic carbocycles. The maximum Gasteiger partial charge on any atom is 0.271 e. The van der Waals surface area contributed by atoms with Gasteiger partial charge in [-0.2, -0.15) is 0 Å². The second kappa shape index (κ2) is 5.58. The monoisotopic (exact) mass is 322 g/mol. The summed E-state index contributed by atoms with van der Waals surface area (Å²) in [6.45, 7) is 1.51. The van der Waals surface area contributed by atoms with Crippen molar-refractivity contribution in [3.63, 3.8) is 0 Å². The van der Waals surface area contributed by atoms with E-state index in [1.165, 1.54) is 24.4 Å². The summed E-state index contributed by atoms with van der Waals surface area (Å²) >= 11 is 0. The van der Waals surface area contributed by atoms with Crippen molar-refractivity contribution in [3.8, 4) is 0 Å². The van der Waals surface area contributed by atoms with E-state index >= 15 is 0 Å². The third kappa shape index (κ3) is 2.90. The lowest BCUT2D eigenvalue weighted by Gasteiger charge is -2.09. The molecule has 22 heavy (non-hydrogen) atoms. The van der Waals surface area contributed by atoms with Gasteiger partial charge in [-0.3, -0.25) is 15.1 Å². The van der Waals surface area contributed by atoms with Gasteiger partial charge >= 0.3 is 0 Å². The van der Waals surface area contributed by atoms with Crippen LogP contribution < -0.4 is 5.32 Å². The Labute approximate surface area is 126 Å². The second-order valence-corrected chi connectivity index (χ2v) is 7.26. The van der Waals surface area contributed by atoms with Crippen molar-refractivity contribution in [1.82, 2.24) is 15.3 Å². The minimum absolute atomic E-state index is 0.0349. The first-order chi connectivity index (χ1) is 10.5. The molecule has 2 aromatic rings. The first-order valence-electron chi connectivity index (χ1n) is 6.80. The van der Waals surface area contributed by atoms with Gasteiger partial charge in [0.25, 0.3) is 5.69 Å². The van der Waals surface area contributed by atoms with Crippen LogP contribution in [0.15, 0.2) is 29.4 Å². The van der Waals surface area contributed by atoms with Crippen LogP contribution in [0.3, 0.4) is 0 Å². The van der Waals surface area contributed by atoms with Crippen molar-refractivity contribution in [2.75, 3.05) is 18.8 Å². The van der Waals surface area contributed by atoms with Gasteiger partial charge in [-0.15, -0.1) is 0 Å². The molecule has 0 amide bonds. The average molecular weight is 322 g/mol. The molecule has 1 aliphatic heterocycles. The van der Waals surface area contributed by atoms with E-state index < -0.39 is 14.8 Å². The minimum atomic E-state index is -3.51. The molecule has 1 aromatic heterocycles. The molecule has 0 bridgehead atoms. The Morgan fingerprint density at radius 1 is 1.36 bits per heavy atom. The number of benzene rings is 1. The van der Waals surface area contributed by atoms with Crippen LogP contribution in [-0.2, 0) is 9.84 Å². The average Bonchev–Trinajstić information content (AvgIpc) is 2.98. The summed E-state index contributed by atoms with van der Waals surface area (Å²) in [5, 5.41) is 13.8. The zero-order chi connectivity index (χ0) is 15.7. The van der Waals surface area contributed by atoms with Crippen LogP contribution in [0, 0.1) is 16.0 Å². The summed E-state index contributed by atoms with van der Waals surface area (Å²) in [5.74, 6) is 0.118. The highest BCUT2D eigenvalue weighted by molar-refractivity contribution is 7.91. The molecule has 8 nitrogen and oxygen atoms in total. The van der Waals surface area contributed by atoms with Crippen LogP contribution >= 0.6 is 0 Å². The molecular formula is C13H14N4O4S. The van der Waals surface area contributed by atoms with E-state index in [9.17, 15) is 18.5 Å². The molecule has 116 valence electrons. The van der Waals surface area contributed by atoms with Crippen LogP contribution in [0.5, 0.6) is 0 Å². The highest BCUT2D eigenvalue weighted by atomic mass is 32.2. The summed E-state index contributed by atoms with van der Waals surface area (Å²) in [6.07, 6.45) is 2.00. The zero-order valence-electron chi connectivity index (χ0n) is 11.6. The second-order valence-electron chi connectivity index (χ2n) is 5.28. The van der Waals surface area contributed by atoms with Gasteiger partial charge in [0.05, 0.1) is 27.9 Å². The Hall–Kier alpha value is -2.13. The summed E-state index contributed by atoms with van der Waals surface area (Å²) in [4.78, 5) is 18.3. The predicted octanol–water partition coefficient (Wildman–Crippen LogP) is 0.921. The van der Waals surface area contributed by atoms with E-state index in [0.29, 0.717) is 17.6 Å². The van der Waals surface area contributed by atoms with Crippen LogP contribution in [0.2, 0.25) is 0 Å². The fraction of sp³-hybridized carbons (Fsp3) is 0.385. The first kappa shape index (κ1) is 14.8. The molecule has 0 saturated carbocycles. The molecule has 1 atom stereocenters. The lowest BCUT2D eigenvalue weighted by atomic mass is 10.2. The molecule has 3 rings (SSSR count). The molecule has 1 N–H and O–H groups in total. The van der Waals surface area contributed by atoms with Crippen LogP contribution in [0.4, 0.5) is 5.69 Å². The van der Waals surface area contributed by atoms with Crippen molar-refractivity contribution in [2.45, 2.75) is 11.4 Å². The van der Waals surface area contributed by atoms with Crippen LogP contribution in [0.1, 0.15) is 6.42 Å². The zero-order valence-corrected chi connectivity index (χ0v) is 12.4. The van der Waals surface area contributed by atoms with Crippen LogP contribution in [0.25, 0.3) is 11.0 Å². The minimum Gasteiger partial charge on any atom is -0.316 e. The standard InChI is InChI=1S/C13H14N4O4S/c18-17(19)10-1-2-11-12(5-10)15-7-13(16-11)22(20,21)8-9-3-4-14-6-9/h1-2,5,7,9,14H,3-4,6,8H2/t9-/m0/s1. The van der Waals surface area contributed by atoms with E-state index in [-0.39, 0.29) is 22.4 Å². The number of hydrogen-bond donors (Lipinski definition) is 1. The highest BCUT2D eigenvalue weighted by Crippen LogP contribution is 2.21. The molecule has 0 aliphatic carbocycles. The van der Waals surface area contributed by atoms with Gasteiger partial charge < -0.3 is 5.32 Å². The molecular weight excluding hydrogens is 308 g/mol. The van der Waals surface area contributed by atoms with Gasteiger partial charge in [0, 0.05) is 12.1 Å². The van der Waals surface area contributed by atoms with Gasteiger partial charge in [-0.05, 0) is 31.5 Å². The maximum atomic E-state index is 12.4. The van der Waals surface area contributed by atoms with Gasteiger partial charge in [-0.25, -0.2) is 13.4 Å². The molecule has 0 unspecified atom stereocenters. The fourth-order valence-corrected chi connectivity index (χ4v) is 4.02. The van der Waals surface area contributed by atoms with E-state index in [4.69, 9.17) is 0 Å². The van der Waals surface area contributed by atoms with Crippen LogP contribution in [-0.4, -0.2) is 42.2 Å². The number of non-ortho nitro benzene ring substituents is 1. The topological polar surface area (TPSA) is 115 Å². The molecule has 1 fully saturated rings. The van der Waals surface area contributed by atoms with Crippen molar-refractivity contribution < 1.29 is 13.3 Å². The smallest absolute Gasteiger partial charge is 0.271 e. The number of nitro groups is 1. The van der Waals surface area contributed by atoms with E-state index in [0.717, 1.165) is 13.0 Å². The van der Waals surface area contributed by atoms with Gasteiger partial charge in [-0.1, -0.05) is 0 Å². The predicted molar refractivity (Wildman–Crippen MR) is 79.2 cm³/mol. The van der Waals surface area contributed by atoms with E-state index in [1.807, 2.05) is 0 Å². The number of nitrogens with zero attached hydrogens (tertiary/aromatic N) is 3. The summed E-state index contributed by atoms with van der Waals surface area (Å²) in [5.41, 5.74) is 0.529. The van der Waals surface area contributed by atoms with E-state index in [2.05, 4.69) is 15.3 Å². The number of rotatable bonds is 4. The normalized spacial score (nSPS) is 18.6. The van der Waals surface area contributed by atoms with Crippen molar-refractivity contribution in [3.05, 3.63) is 34.5 Å². The van der Waals surface area contributed by atoms with E-state index in [1.54, 1.807) is 0 Å². The molecule has 0 spiro atoms. The third-order valence-electron chi connectivity index (χ3n) is 3.65. The van der Waals surface area contributed by atoms with Gasteiger partial charge in [0.2, 0.25) is 0 Å². The maximum absolute atomic E-state index is 12.4. The van der Waals surface area contributed by atoms with Crippen molar-refractivity contribution in [2.24, 2.45) is 5.92 Å². The van der Waals surface area contributed by atoms with Crippen molar-refractivity contribution >= 4 is 26.6 Å². The highest BCUT2D eigenvalue weighted by Gasteiger charge is 2.25. The molecule has 2 heterocycles. The Bertz CT molecular complexity index is 831. The molecule has 9 heteroatoms. The SMILES string of the molecule is O=[N+]([O-])c1ccc2nc(S(=O)(=O)C[C@H]3CCNC3)cnc2c1. The Morgan fingerprint density at radius 2 is 2.18 bits per heavy atom. The number of hydrogen-bond acceptors (Lipinski definition) is 7. The Kier molecular flexibility index (Phi) is 3.75. The number of fused-ring (bicyclic) bond motifs is 1. The summed E-state index contributed by atoms with van der Waals surface area (Å²) in [7, 11) is -3.51. The number of nitro benzene ring substituents is 1. The molecule has 0 radical (unpaired) electrons. The largest absolute Gasteiger partial charge is 0.316 e. The molecule has 1 saturated heterocycles. The lowest BCUT2D eigenvalue weighted by Crippen LogP contribution is -2.19. The van der Waals surface area contributed by atoms with Gasteiger partial charge in [0.15, 0.2) is 14.9 Å². The fourth-order valence-electron chi connectivity index (χ4n) is 2.50. The van der Waals surface area contributed by atoms with Crippen molar-refractivity contribution in [1.29, 1.82) is 0 Å². The first-order valence-corrected chi connectivity index (χ1v) is 8.45. The lowest BCUT2D eigenvalue weighted by molar-refractivity contribution is -0.384. The summed E-state index contributed by atoms with van der Waals surface area (Å²) in [6, 6.07) is 3.98. The Morgan fingerprint density at radius 3 is 2.86 bits per heavy atom. The quantitative estimate of drug-likeness (QED) is 0.657.